The third-order valence-electron chi connectivity index (χ3n) is 3.07. The predicted molar refractivity (Wildman–Crippen MR) is 69.8 cm³/mol. The van der Waals surface area contributed by atoms with E-state index in [-0.39, 0.29) is 6.10 Å². The first-order chi connectivity index (χ1) is 9.22. The molecule has 1 aliphatic heterocycles. The Bertz CT molecular complexity index is 540. The number of hydrogen-bond donors (Lipinski definition) is 1. The van der Waals surface area contributed by atoms with E-state index in [0.29, 0.717) is 24.3 Å². The van der Waals surface area contributed by atoms with Gasteiger partial charge in [-0.2, -0.15) is 4.98 Å². The van der Waals surface area contributed by atoms with Gasteiger partial charge in [-0.15, -0.1) is 0 Å². The summed E-state index contributed by atoms with van der Waals surface area (Å²) in [7, 11) is 0. The van der Waals surface area contributed by atoms with Gasteiger partial charge in [-0.25, -0.2) is 0 Å². The monoisotopic (exact) mass is 259 g/mol. The highest BCUT2D eigenvalue weighted by molar-refractivity contribution is 5.37. The van der Waals surface area contributed by atoms with Gasteiger partial charge < -0.3 is 14.6 Å². The summed E-state index contributed by atoms with van der Waals surface area (Å²) >= 11 is 0. The first-order valence-corrected chi connectivity index (χ1v) is 6.53. The Morgan fingerprint density at radius 1 is 1.37 bits per heavy atom. The van der Waals surface area contributed by atoms with Crippen molar-refractivity contribution in [3.8, 4) is 5.75 Å². The van der Waals surface area contributed by atoms with Crippen molar-refractivity contribution in [3.63, 3.8) is 0 Å². The van der Waals surface area contributed by atoms with E-state index in [1.165, 1.54) is 5.56 Å². The van der Waals surface area contributed by atoms with Gasteiger partial charge >= 0.3 is 0 Å². The van der Waals surface area contributed by atoms with E-state index >= 15 is 0 Å². The molecular formula is C14H17N3O2. The topological polar surface area (TPSA) is 60.2 Å². The van der Waals surface area contributed by atoms with Crippen molar-refractivity contribution < 1.29 is 9.26 Å². The molecule has 1 N–H and O–H groups in total. The van der Waals surface area contributed by atoms with Crippen LogP contribution in [0.15, 0.2) is 28.8 Å². The molecule has 0 saturated carbocycles. The van der Waals surface area contributed by atoms with Crippen LogP contribution in [0.2, 0.25) is 0 Å². The van der Waals surface area contributed by atoms with Crippen molar-refractivity contribution in [2.45, 2.75) is 39.0 Å². The molecule has 1 aromatic carbocycles. The summed E-state index contributed by atoms with van der Waals surface area (Å²) in [6.45, 7) is 4.77. The van der Waals surface area contributed by atoms with Crippen molar-refractivity contribution in [1.82, 2.24) is 15.5 Å². The minimum Gasteiger partial charge on any atom is -0.480 e. The lowest BCUT2D eigenvalue weighted by atomic mass is 10.1. The molecule has 3 rings (SSSR count). The molecule has 0 bridgehead atoms. The number of ether oxygens (including phenoxy) is 1. The van der Waals surface area contributed by atoms with Crippen LogP contribution in [0.3, 0.4) is 0 Å². The maximum absolute atomic E-state index is 5.82. The maximum atomic E-state index is 5.82. The van der Waals surface area contributed by atoms with Crippen LogP contribution in [0, 0.1) is 0 Å². The van der Waals surface area contributed by atoms with Gasteiger partial charge in [0, 0.05) is 12.5 Å². The lowest BCUT2D eigenvalue weighted by Gasteiger charge is -2.04. The predicted octanol–water partition coefficient (Wildman–Crippen LogP) is 2.24. The molecule has 5 heteroatoms. The zero-order valence-electron chi connectivity index (χ0n) is 11.1. The molecule has 0 amide bonds. The highest BCUT2D eigenvalue weighted by atomic mass is 16.5. The number of fused-ring (bicyclic) bond motifs is 1. The lowest BCUT2D eigenvalue weighted by Crippen LogP contribution is -2.22. The fraction of sp³-hybridized carbons (Fsp3) is 0.429. The summed E-state index contributed by atoms with van der Waals surface area (Å²) < 4.78 is 11.1. The van der Waals surface area contributed by atoms with Crippen LogP contribution in [-0.2, 0) is 13.0 Å². The molecule has 1 unspecified atom stereocenters. The first kappa shape index (κ1) is 12.2. The van der Waals surface area contributed by atoms with E-state index in [1.807, 2.05) is 18.2 Å². The Labute approximate surface area is 112 Å². The normalized spacial score (nSPS) is 17.5. The molecule has 2 heterocycles. The maximum Gasteiger partial charge on any atom is 0.268 e. The van der Waals surface area contributed by atoms with Crippen molar-refractivity contribution in [2.24, 2.45) is 0 Å². The van der Waals surface area contributed by atoms with Crippen molar-refractivity contribution >= 4 is 0 Å². The molecule has 0 saturated heterocycles. The zero-order valence-corrected chi connectivity index (χ0v) is 11.1. The second-order valence-corrected chi connectivity index (χ2v) is 5.00. The highest BCUT2D eigenvalue weighted by Crippen LogP contribution is 2.35. The average Bonchev–Trinajstić information content (AvgIpc) is 3.02. The quantitative estimate of drug-likeness (QED) is 0.912. The fourth-order valence-corrected chi connectivity index (χ4v) is 2.09. The minimum absolute atomic E-state index is 0.155. The Hall–Kier alpha value is -1.88. The van der Waals surface area contributed by atoms with Crippen LogP contribution in [0.1, 0.15) is 37.2 Å². The van der Waals surface area contributed by atoms with Gasteiger partial charge in [-0.05, 0) is 11.6 Å². The molecule has 2 aromatic rings. The Balaban J connectivity index is 1.68. The number of rotatable bonds is 4. The van der Waals surface area contributed by atoms with Crippen molar-refractivity contribution in [1.29, 1.82) is 0 Å². The van der Waals surface area contributed by atoms with Crippen LogP contribution in [-0.4, -0.2) is 16.2 Å². The SMILES string of the molecule is CC(C)NCc1noc(C2Cc3ccccc3O2)n1. The molecule has 0 spiro atoms. The molecule has 0 fully saturated rings. The Morgan fingerprint density at radius 2 is 2.21 bits per heavy atom. The Morgan fingerprint density at radius 3 is 3.00 bits per heavy atom. The molecular weight excluding hydrogens is 242 g/mol. The van der Waals surface area contributed by atoms with E-state index in [2.05, 4.69) is 35.4 Å². The van der Waals surface area contributed by atoms with E-state index in [0.717, 1.165) is 12.2 Å². The van der Waals surface area contributed by atoms with Gasteiger partial charge in [0.05, 0.1) is 6.54 Å². The largest absolute Gasteiger partial charge is 0.480 e. The molecule has 19 heavy (non-hydrogen) atoms. The van der Waals surface area contributed by atoms with Crippen molar-refractivity contribution in [2.75, 3.05) is 0 Å². The summed E-state index contributed by atoms with van der Waals surface area (Å²) in [6.07, 6.45) is 0.632. The Kier molecular flexibility index (Phi) is 3.21. The number of benzene rings is 1. The van der Waals surface area contributed by atoms with Crippen LogP contribution < -0.4 is 10.1 Å². The smallest absolute Gasteiger partial charge is 0.268 e. The third kappa shape index (κ3) is 2.61. The summed E-state index contributed by atoms with van der Waals surface area (Å²) in [6, 6.07) is 8.40. The molecule has 1 aromatic heterocycles. The van der Waals surface area contributed by atoms with E-state index < -0.39 is 0 Å². The molecule has 1 atom stereocenters. The standard InChI is InChI=1S/C14H17N3O2/c1-9(2)15-8-13-16-14(19-17-13)12-7-10-5-3-4-6-11(10)18-12/h3-6,9,12,15H,7-8H2,1-2H3. The van der Waals surface area contributed by atoms with Crippen LogP contribution in [0.4, 0.5) is 0 Å². The summed E-state index contributed by atoms with van der Waals surface area (Å²) in [5, 5.41) is 7.22. The third-order valence-corrected chi connectivity index (χ3v) is 3.07. The van der Waals surface area contributed by atoms with E-state index in [4.69, 9.17) is 9.26 Å². The second-order valence-electron chi connectivity index (χ2n) is 5.00. The second kappa shape index (κ2) is 5.01. The zero-order chi connectivity index (χ0) is 13.2. The minimum atomic E-state index is -0.155. The van der Waals surface area contributed by atoms with Crippen LogP contribution in [0.5, 0.6) is 5.75 Å². The van der Waals surface area contributed by atoms with Gasteiger partial charge in [0.25, 0.3) is 5.89 Å². The van der Waals surface area contributed by atoms with Gasteiger partial charge in [-0.1, -0.05) is 37.2 Å². The number of para-hydroxylation sites is 1. The fourth-order valence-electron chi connectivity index (χ4n) is 2.09. The summed E-state index contributed by atoms with van der Waals surface area (Å²) in [5.41, 5.74) is 1.19. The summed E-state index contributed by atoms with van der Waals surface area (Å²) in [5.74, 6) is 2.13. The lowest BCUT2D eigenvalue weighted by molar-refractivity contribution is 0.183. The highest BCUT2D eigenvalue weighted by Gasteiger charge is 2.28. The number of nitrogens with one attached hydrogen (secondary N) is 1. The van der Waals surface area contributed by atoms with Crippen LogP contribution in [0.25, 0.3) is 0 Å². The van der Waals surface area contributed by atoms with Crippen LogP contribution >= 0.6 is 0 Å². The molecule has 1 aliphatic rings. The van der Waals surface area contributed by atoms with Gasteiger partial charge in [0.1, 0.15) is 5.75 Å². The van der Waals surface area contributed by atoms with Gasteiger partial charge in [0.2, 0.25) is 0 Å². The molecule has 0 aliphatic carbocycles. The number of hydrogen-bond acceptors (Lipinski definition) is 5. The molecule has 0 radical (unpaired) electrons. The van der Waals surface area contributed by atoms with E-state index in [9.17, 15) is 0 Å². The number of nitrogens with zero attached hydrogens (tertiary/aromatic N) is 2. The first-order valence-electron chi connectivity index (χ1n) is 6.53. The molecule has 100 valence electrons. The van der Waals surface area contributed by atoms with Gasteiger partial charge in [-0.3, -0.25) is 0 Å². The van der Waals surface area contributed by atoms with Crippen molar-refractivity contribution in [3.05, 3.63) is 41.5 Å². The summed E-state index contributed by atoms with van der Waals surface area (Å²) in [4.78, 5) is 4.38. The van der Waals surface area contributed by atoms with E-state index in [1.54, 1.807) is 0 Å². The average molecular weight is 259 g/mol. The number of aromatic nitrogens is 2. The molecule has 5 nitrogen and oxygen atoms in total. The van der Waals surface area contributed by atoms with Gasteiger partial charge in [0.15, 0.2) is 11.9 Å².